The van der Waals surface area contributed by atoms with Gasteiger partial charge in [-0.25, -0.2) is 4.68 Å². The molecule has 10 heteroatoms. The van der Waals surface area contributed by atoms with E-state index in [2.05, 4.69) is 30.4 Å². The number of aryl methyl sites for hydroxylation is 1. The summed E-state index contributed by atoms with van der Waals surface area (Å²) in [6, 6.07) is 12.7. The van der Waals surface area contributed by atoms with Crippen LogP contribution < -0.4 is 10.1 Å². The highest BCUT2D eigenvalue weighted by molar-refractivity contribution is 6.33. The number of aromatic nitrogens is 6. The maximum Gasteiger partial charge on any atom is 0.278 e. The van der Waals surface area contributed by atoms with Crippen molar-refractivity contribution in [2.45, 2.75) is 39.2 Å². The minimum absolute atomic E-state index is 0.240. The van der Waals surface area contributed by atoms with Gasteiger partial charge in [0, 0.05) is 24.2 Å². The molecular formula is C24H24ClN7O2. The number of ether oxygens (including phenoxy) is 1. The van der Waals surface area contributed by atoms with Crippen LogP contribution in [0, 0.1) is 6.92 Å². The number of nitrogens with zero attached hydrogens (tertiary/aromatic N) is 6. The fourth-order valence-electron chi connectivity index (χ4n) is 4.16. The molecule has 4 aromatic rings. The summed E-state index contributed by atoms with van der Waals surface area (Å²) in [5.74, 6) is 2.08. The zero-order valence-electron chi connectivity index (χ0n) is 19.0. The second-order valence-corrected chi connectivity index (χ2v) is 8.59. The van der Waals surface area contributed by atoms with Crippen molar-refractivity contribution in [3.05, 3.63) is 64.7 Å². The van der Waals surface area contributed by atoms with E-state index in [0.717, 1.165) is 54.5 Å². The van der Waals surface area contributed by atoms with Crippen LogP contribution in [0.25, 0.3) is 17.1 Å². The van der Waals surface area contributed by atoms with E-state index in [1.807, 2.05) is 30.3 Å². The lowest BCUT2D eigenvalue weighted by atomic mass is 10.1. The van der Waals surface area contributed by atoms with Gasteiger partial charge in [-0.15, -0.1) is 15.3 Å². The number of carbonyl (C=O) groups is 1. The quantitative estimate of drug-likeness (QED) is 0.455. The molecule has 2 aromatic carbocycles. The summed E-state index contributed by atoms with van der Waals surface area (Å²) in [4.78, 5) is 13.0. The summed E-state index contributed by atoms with van der Waals surface area (Å²) in [6.45, 7) is 2.66. The zero-order valence-corrected chi connectivity index (χ0v) is 19.7. The Morgan fingerprint density at radius 3 is 2.68 bits per heavy atom. The Balaban J connectivity index is 1.40. The molecular weight excluding hydrogens is 454 g/mol. The molecule has 0 spiro atoms. The summed E-state index contributed by atoms with van der Waals surface area (Å²) in [5, 5.41) is 20.5. The first-order chi connectivity index (χ1) is 16.5. The van der Waals surface area contributed by atoms with E-state index in [1.165, 1.54) is 6.42 Å². The predicted octanol–water partition coefficient (Wildman–Crippen LogP) is 4.47. The van der Waals surface area contributed by atoms with Crippen molar-refractivity contribution in [3.63, 3.8) is 0 Å². The van der Waals surface area contributed by atoms with Crippen molar-refractivity contribution in [2.75, 3.05) is 12.4 Å². The fourth-order valence-corrected chi connectivity index (χ4v) is 4.36. The number of fused-ring (bicyclic) bond motifs is 1. The van der Waals surface area contributed by atoms with Gasteiger partial charge in [0.25, 0.3) is 5.91 Å². The van der Waals surface area contributed by atoms with E-state index in [-0.39, 0.29) is 11.6 Å². The SMILES string of the molecule is COc1ccc(-n2nnc(C(=O)Nc3ccc(Cl)c(-c4nnc5n4CCCCC5)c3)c2C)cc1. The Bertz CT molecular complexity index is 1340. The van der Waals surface area contributed by atoms with E-state index < -0.39 is 0 Å². The highest BCUT2D eigenvalue weighted by atomic mass is 35.5. The van der Waals surface area contributed by atoms with Crippen molar-refractivity contribution in [2.24, 2.45) is 0 Å². The molecule has 0 aliphatic carbocycles. The molecule has 3 heterocycles. The van der Waals surface area contributed by atoms with Crippen molar-refractivity contribution < 1.29 is 9.53 Å². The Kier molecular flexibility index (Phi) is 6.02. The minimum atomic E-state index is -0.356. The third-order valence-electron chi connectivity index (χ3n) is 6.00. The Hall–Kier alpha value is -3.72. The van der Waals surface area contributed by atoms with Crippen LogP contribution in [-0.4, -0.2) is 42.8 Å². The zero-order chi connectivity index (χ0) is 23.7. The molecule has 0 atom stereocenters. The molecule has 0 bridgehead atoms. The van der Waals surface area contributed by atoms with Crippen LogP contribution in [-0.2, 0) is 13.0 Å². The lowest BCUT2D eigenvalue weighted by molar-refractivity contribution is 0.102. The summed E-state index contributed by atoms with van der Waals surface area (Å²) in [5.41, 5.74) is 2.97. The second-order valence-electron chi connectivity index (χ2n) is 8.18. The third-order valence-corrected chi connectivity index (χ3v) is 6.33. The van der Waals surface area contributed by atoms with Crippen LogP contribution in [0.15, 0.2) is 42.5 Å². The predicted molar refractivity (Wildman–Crippen MR) is 129 cm³/mol. The Morgan fingerprint density at radius 2 is 1.88 bits per heavy atom. The number of methoxy groups -OCH3 is 1. The van der Waals surface area contributed by atoms with Gasteiger partial charge >= 0.3 is 0 Å². The normalized spacial score (nSPS) is 13.3. The first-order valence-corrected chi connectivity index (χ1v) is 11.5. The molecule has 5 rings (SSSR count). The molecule has 1 amide bonds. The van der Waals surface area contributed by atoms with E-state index in [0.29, 0.717) is 16.4 Å². The number of halogens is 1. The van der Waals surface area contributed by atoms with Gasteiger partial charge in [-0.05, 0) is 62.2 Å². The summed E-state index contributed by atoms with van der Waals surface area (Å²) in [7, 11) is 1.61. The topological polar surface area (TPSA) is 99.8 Å². The second kappa shape index (κ2) is 9.26. The molecule has 1 N–H and O–H groups in total. The molecule has 0 radical (unpaired) electrons. The molecule has 174 valence electrons. The summed E-state index contributed by atoms with van der Waals surface area (Å²) < 4.78 is 8.95. The van der Waals surface area contributed by atoms with Gasteiger partial charge in [-0.1, -0.05) is 23.2 Å². The standard InChI is InChI=1S/C24H24ClN7O2/c1-15-22(28-30-32(15)17-8-10-18(34-2)11-9-17)24(33)26-16-7-12-20(25)19(14-16)23-29-27-21-6-4-3-5-13-31(21)23/h7-12,14H,3-6,13H2,1-2H3,(H,26,33). The largest absolute Gasteiger partial charge is 0.497 e. The maximum absolute atomic E-state index is 13.0. The third kappa shape index (κ3) is 4.14. The van der Waals surface area contributed by atoms with E-state index in [9.17, 15) is 4.79 Å². The summed E-state index contributed by atoms with van der Waals surface area (Å²) in [6.07, 6.45) is 4.26. The average molecular weight is 478 g/mol. The first kappa shape index (κ1) is 22.1. The molecule has 0 unspecified atom stereocenters. The van der Waals surface area contributed by atoms with Crippen LogP contribution in [0.5, 0.6) is 5.75 Å². The van der Waals surface area contributed by atoms with Crippen molar-refractivity contribution >= 4 is 23.2 Å². The fraction of sp³-hybridized carbons (Fsp3) is 0.292. The average Bonchev–Trinajstić information content (AvgIpc) is 3.35. The molecule has 0 saturated carbocycles. The van der Waals surface area contributed by atoms with Crippen LogP contribution in [0.2, 0.25) is 5.02 Å². The van der Waals surface area contributed by atoms with Gasteiger partial charge in [-0.3, -0.25) is 4.79 Å². The molecule has 0 fully saturated rings. The molecule has 9 nitrogen and oxygen atoms in total. The molecule has 0 saturated heterocycles. The van der Waals surface area contributed by atoms with Crippen LogP contribution in [0.1, 0.15) is 41.3 Å². The Morgan fingerprint density at radius 1 is 1.06 bits per heavy atom. The van der Waals surface area contributed by atoms with Crippen molar-refractivity contribution in [1.29, 1.82) is 0 Å². The van der Waals surface area contributed by atoms with Crippen molar-refractivity contribution in [3.8, 4) is 22.8 Å². The van der Waals surface area contributed by atoms with Gasteiger partial charge in [-0.2, -0.15) is 0 Å². The number of hydrogen-bond donors (Lipinski definition) is 1. The van der Waals surface area contributed by atoms with E-state index in [1.54, 1.807) is 30.8 Å². The first-order valence-electron chi connectivity index (χ1n) is 11.1. The highest BCUT2D eigenvalue weighted by Gasteiger charge is 2.21. The number of hydrogen-bond acceptors (Lipinski definition) is 6. The number of carbonyl (C=O) groups excluding carboxylic acids is 1. The molecule has 2 aromatic heterocycles. The Labute approximate surface area is 201 Å². The van der Waals surface area contributed by atoms with Gasteiger partial charge in [0.05, 0.1) is 23.5 Å². The van der Waals surface area contributed by atoms with Gasteiger partial charge in [0.15, 0.2) is 11.5 Å². The van der Waals surface area contributed by atoms with Crippen molar-refractivity contribution in [1.82, 2.24) is 29.8 Å². The maximum atomic E-state index is 13.0. The van der Waals surface area contributed by atoms with Crippen LogP contribution in [0.3, 0.4) is 0 Å². The lowest BCUT2D eigenvalue weighted by Gasteiger charge is -2.11. The number of benzene rings is 2. The number of nitrogens with one attached hydrogen (secondary N) is 1. The van der Waals surface area contributed by atoms with E-state index in [4.69, 9.17) is 16.3 Å². The van der Waals surface area contributed by atoms with Crippen LogP contribution >= 0.6 is 11.6 Å². The number of amides is 1. The van der Waals surface area contributed by atoms with Gasteiger partial charge in [0.1, 0.15) is 11.6 Å². The van der Waals surface area contributed by atoms with Gasteiger partial charge < -0.3 is 14.6 Å². The molecule has 34 heavy (non-hydrogen) atoms. The molecule has 1 aliphatic heterocycles. The monoisotopic (exact) mass is 477 g/mol. The number of anilines is 1. The van der Waals surface area contributed by atoms with Crippen LogP contribution in [0.4, 0.5) is 5.69 Å². The van der Waals surface area contributed by atoms with E-state index >= 15 is 0 Å². The highest BCUT2D eigenvalue weighted by Crippen LogP contribution is 2.31. The molecule has 1 aliphatic rings. The van der Waals surface area contributed by atoms with Gasteiger partial charge in [0.2, 0.25) is 0 Å². The number of rotatable bonds is 5. The smallest absolute Gasteiger partial charge is 0.278 e. The minimum Gasteiger partial charge on any atom is -0.497 e. The lowest BCUT2D eigenvalue weighted by Crippen LogP contribution is -2.14. The summed E-state index contributed by atoms with van der Waals surface area (Å²) >= 11 is 6.51.